The molecule has 2 aliphatic heterocycles. The number of aromatic nitrogens is 1. The molecule has 2 saturated heterocycles. The lowest BCUT2D eigenvalue weighted by atomic mass is 9.83. The molecule has 1 N–H and O–H groups in total. The maximum atomic E-state index is 13.4. The minimum Gasteiger partial charge on any atom is -0.338 e. The van der Waals surface area contributed by atoms with Crippen LogP contribution >= 0.6 is 0 Å². The largest absolute Gasteiger partial charge is 0.338 e. The second-order valence-corrected chi connectivity index (χ2v) is 13.4. The monoisotopic (exact) mass is 566 g/mol. The first kappa shape index (κ1) is 33.2. The third kappa shape index (κ3) is 8.83. The Morgan fingerprint density at radius 1 is 1.15 bits per heavy atom. The van der Waals surface area contributed by atoms with Crippen LogP contribution in [0.15, 0.2) is 6.07 Å². The summed E-state index contributed by atoms with van der Waals surface area (Å²) in [5, 5.41) is 13.1. The van der Waals surface area contributed by atoms with Gasteiger partial charge in [-0.1, -0.05) is 19.8 Å². The molecule has 41 heavy (non-hydrogen) atoms. The highest BCUT2D eigenvalue weighted by Crippen LogP contribution is 2.32. The molecule has 0 radical (unpaired) electrons. The van der Waals surface area contributed by atoms with Gasteiger partial charge in [-0.2, -0.15) is 5.26 Å². The maximum Gasteiger partial charge on any atom is 0.255 e. The Bertz CT molecular complexity index is 1010. The number of pyridine rings is 1. The van der Waals surface area contributed by atoms with Crippen molar-refractivity contribution in [3.8, 4) is 6.07 Å². The molecule has 4 rings (SSSR count). The molecule has 3 fully saturated rings. The van der Waals surface area contributed by atoms with Crippen LogP contribution in [-0.4, -0.2) is 96.3 Å². The molecule has 0 spiro atoms. The van der Waals surface area contributed by atoms with E-state index in [1.165, 1.54) is 45.1 Å². The van der Waals surface area contributed by atoms with Crippen LogP contribution in [0.5, 0.6) is 0 Å². The van der Waals surface area contributed by atoms with Gasteiger partial charge in [-0.15, -0.1) is 0 Å². The van der Waals surface area contributed by atoms with Crippen LogP contribution in [0.4, 0.5) is 0 Å². The number of aryl methyl sites for hydroxylation is 2. The molecule has 1 aromatic rings. The van der Waals surface area contributed by atoms with Gasteiger partial charge in [-0.25, -0.2) is 4.98 Å². The van der Waals surface area contributed by atoms with E-state index in [9.17, 15) is 10.1 Å². The van der Waals surface area contributed by atoms with Gasteiger partial charge in [-0.3, -0.25) is 9.69 Å². The average molecular weight is 567 g/mol. The third-order valence-electron chi connectivity index (χ3n) is 9.92. The standard InChI is InChI=1S/C32H52N6O.CH2O/c1-23-7-9-27(10-8-23)22-36(6)21-25(3)34-28-11-15-38(16-12-28)32(5)13-17-37(18-14-32)31(39)30-24(2)19-29(20-33)35-26(30)4;1-2/h19,23,25,27-28,34H,7-18,21-22H2,1-6H3;1H2. The Kier molecular flexibility index (Phi) is 12.3. The Labute approximate surface area is 248 Å². The lowest BCUT2D eigenvalue weighted by Crippen LogP contribution is -2.58. The van der Waals surface area contributed by atoms with Gasteiger partial charge in [0.1, 0.15) is 18.6 Å². The molecule has 0 aromatic carbocycles. The number of nitrogens with one attached hydrogen (secondary N) is 1. The van der Waals surface area contributed by atoms with E-state index in [1.54, 1.807) is 6.07 Å². The molecule has 1 saturated carbocycles. The summed E-state index contributed by atoms with van der Waals surface area (Å²) in [4.78, 5) is 32.9. The van der Waals surface area contributed by atoms with E-state index in [4.69, 9.17) is 4.79 Å². The van der Waals surface area contributed by atoms with Gasteiger partial charge in [0.2, 0.25) is 0 Å². The van der Waals surface area contributed by atoms with E-state index >= 15 is 0 Å². The summed E-state index contributed by atoms with van der Waals surface area (Å²) in [6.07, 6.45) is 10.0. The number of likely N-dealkylation sites (N-methyl/N-ethyl adjacent to an activating group) is 1. The number of piperidine rings is 2. The number of nitrogens with zero attached hydrogens (tertiary/aromatic N) is 5. The highest BCUT2D eigenvalue weighted by Gasteiger charge is 2.39. The zero-order valence-electron chi connectivity index (χ0n) is 26.5. The topological polar surface area (TPSA) is 92.6 Å². The van der Waals surface area contributed by atoms with Crippen LogP contribution in [0.2, 0.25) is 0 Å². The van der Waals surface area contributed by atoms with Crippen LogP contribution in [0.25, 0.3) is 0 Å². The molecular weight excluding hydrogens is 512 g/mol. The summed E-state index contributed by atoms with van der Waals surface area (Å²) in [6.45, 7) is 19.1. The first-order chi connectivity index (χ1) is 19.6. The van der Waals surface area contributed by atoms with E-state index < -0.39 is 0 Å². The molecule has 1 unspecified atom stereocenters. The average Bonchev–Trinajstić information content (AvgIpc) is 2.95. The van der Waals surface area contributed by atoms with E-state index in [0.717, 1.165) is 63.0 Å². The molecule has 1 amide bonds. The molecule has 3 heterocycles. The quantitative estimate of drug-likeness (QED) is 0.492. The Balaban J connectivity index is 0.00000226. The number of amides is 1. The lowest BCUT2D eigenvalue weighted by Gasteiger charge is -2.49. The van der Waals surface area contributed by atoms with E-state index in [0.29, 0.717) is 29.0 Å². The number of hydrogen-bond donors (Lipinski definition) is 1. The lowest BCUT2D eigenvalue weighted by molar-refractivity contribution is -0.0980. The minimum atomic E-state index is 0.0592. The third-order valence-corrected chi connectivity index (χ3v) is 9.92. The summed E-state index contributed by atoms with van der Waals surface area (Å²) in [5.41, 5.74) is 2.69. The van der Waals surface area contributed by atoms with Crippen molar-refractivity contribution in [1.82, 2.24) is 25.0 Å². The van der Waals surface area contributed by atoms with Crippen molar-refractivity contribution in [1.29, 1.82) is 5.26 Å². The van der Waals surface area contributed by atoms with Gasteiger partial charge in [0.05, 0.1) is 11.3 Å². The van der Waals surface area contributed by atoms with Crippen molar-refractivity contribution in [3.05, 3.63) is 28.6 Å². The Morgan fingerprint density at radius 2 is 1.76 bits per heavy atom. The van der Waals surface area contributed by atoms with Crippen LogP contribution in [0.3, 0.4) is 0 Å². The van der Waals surface area contributed by atoms with Gasteiger partial charge in [0.25, 0.3) is 5.91 Å². The number of rotatable bonds is 8. The SMILES string of the molecule is C=O.Cc1cc(C#N)nc(C)c1C(=O)N1CCC(C)(N2CCC(NC(C)CN(C)CC3CCC(C)CC3)CC2)CC1. The summed E-state index contributed by atoms with van der Waals surface area (Å²) >= 11 is 0. The molecule has 3 aliphatic rings. The molecule has 1 aromatic heterocycles. The molecule has 8 nitrogen and oxygen atoms in total. The summed E-state index contributed by atoms with van der Waals surface area (Å²) in [6, 6.07) is 4.93. The molecule has 228 valence electrons. The predicted molar refractivity (Wildman–Crippen MR) is 165 cm³/mol. The van der Waals surface area contributed by atoms with E-state index in [1.807, 2.05) is 25.5 Å². The number of likely N-dealkylation sites (tertiary alicyclic amines) is 2. The molecular formula is C33H54N6O2. The number of carbonyl (C=O) groups is 2. The van der Waals surface area contributed by atoms with E-state index in [-0.39, 0.29) is 11.4 Å². The van der Waals surface area contributed by atoms with Crippen molar-refractivity contribution in [3.63, 3.8) is 0 Å². The molecule has 0 bridgehead atoms. The minimum absolute atomic E-state index is 0.0592. The van der Waals surface area contributed by atoms with Crippen molar-refractivity contribution in [2.24, 2.45) is 11.8 Å². The van der Waals surface area contributed by atoms with Crippen molar-refractivity contribution < 1.29 is 9.59 Å². The Hall–Kier alpha value is -2.34. The number of hydrogen-bond acceptors (Lipinski definition) is 7. The first-order valence-electron chi connectivity index (χ1n) is 15.7. The predicted octanol–water partition coefficient (Wildman–Crippen LogP) is 4.58. The van der Waals surface area contributed by atoms with Gasteiger partial charge < -0.3 is 19.9 Å². The van der Waals surface area contributed by atoms with Gasteiger partial charge >= 0.3 is 0 Å². The number of nitriles is 1. The van der Waals surface area contributed by atoms with Gasteiger partial charge in [0, 0.05) is 56.9 Å². The van der Waals surface area contributed by atoms with Crippen molar-refractivity contribution >= 4 is 12.7 Å². The first-order valence-corrected chi connectivity index (χ1v) is 15.7. The van der Waals surface area contributed by atoms with Crippen LogP contribution in [0.1, 0.15) is 99.4 Å². The maximum absolute atomic E-state index is 13.4. The smallest absolute Gasteiger partial charge is 0.255 e. The number of carbonyl (C=O) groups excluding carboxylic acids is 2. The van der Waals surface area contributed by atoms with Crippen LogP contribution < -0.4 is 5.32 Å². The fraction of sp³-hybridized carbons (Fsp3) is 0.758. The molecule has 8 heteroatoms. The summed E-state index contributed by atoms with van der Waals surface area (Å²) in [5.74, 6) is 1.87. The summed E-state index contributed by atoms with van der Waals surface area (Å²) < 4.78 is 0. The fourth-order valence-electron chi connectivity index (χ4n) is 7.41. The highest BCUT2D eigenvalue weighted by molar-refractivity contribution is 5.96. The van der Waals surface area contributed by atoms with Crippen molar-refractivity contribution in [2.75, 3.05) is 46.3 Å². The Morgan fingerprint density at radius 3 is 2.32 bits per heavy atom. The fourth-order valence-corrected chi connectivity index (χ4v) is 7.41. The molecule has 1 atom stereocenters. The van der Waals surface area contributed by atoms with Crippen molar-refractivity contribution in [2.45, 2.75) is 104 Å². The van der Waals surface area contributed by atoms with Gasteiger partial charge in [-0.05, 0) is 96.7 Å². The van der Waals surface area contributed by atoms with E-state index in [2.05, 4.69) is 54.0 Å². The van der Waals surface area contributed by atoms with Gasteiger partial charge in [0.15, 0.2) is 0 Å². The second kappa shape index (κ2) is 15.2. The normalized spacial score (nSPS) is 24.3. The highest BCUT2D eigenvalue weighted by atomic mass is 16.2. The van der Waals surface area contributed by atoms with Crippen LogP contribution in [-0.2, 0) is 4.79 Å². The summed E-state index contributed by atoms with van der Waals surface area (Å²) in [7, 11) is 2.30. The second-order valence-electron chi connectivity index (χ2n) is 13.4. The zero-order chi connectivity index (χ0) is 30.2. The van der Waals surface area contributed by atoms with Crippen LogP contribution in [0, 0.1) is 37.0 Å². The zero-order valence-corrected chi connectivity index (χ0v) is 26.5. The molecule has 1 aliphatic carbocycles.